The highest BCUT2D eigenvalue weighted by Crippen LogP contribution is 2.43. The molecule has 0 aromatic rings. The standard InChI is InChI=1S/C38H75O10P/c1-3-5-7-9-11-13-15-17-19-21-23-25-27-29-37(41)45-33-36(34-47-49(43,44)46-32-35(40)31-39)48-38(42)30-28-26-24-22-20-18-16-14-12-10-8-6-4-2/h35-36,39-40H,3-34H2,1-2H3,(H,43,44)/t35?,36-/m1/s1/i1D3,2D3,3D2,4D2,5D2,6D2,7D2,8D2,9D2,10D2,11D2,12D2,13D2,14D2,15D2,16D2,17D2,18D2,19D2,20D2,21D2,22D2,23D2,24D2,25D2,26D2,27D2,28D2,29D2,30D2. The largest absolute Gasteiger partial charge is 0.472 e. The maximum absolute atomic E-state index is 13.9. The minimum atomic E-state index is -5.94. The molecule has 0 bridgehead atoms. The first-order valence-corrected chi connectivity index (χ1v) is 13.9. The summed E-state index contributed by atoms with van der Waals surface area (Å²) in [7, 11) is -5.94. The number of ether oxygens (including phenoxy) is 2. The van der Waals surface area contributed by atoms with Gasteiger partial charge in [0.25, 0.3) is 0 Å². The fraction of sp³-hybridized carbons (Fsp3) is 0.947. The molecule has 0 aliphatic rings. The van der Waals surface area contributed by atoms with Crippen LogP contribution in [0.1, 0.15) is 277 Å². The van der Waals surface area contributed by atoms with Crippen LogP contribution in [0.5, 0.6) is 0 Å². The van der Waals surface area contributed by atoms with Crippen molar-refractivity contribution in [2.24, 2.45) is 0 Å². The third-order valence-corrected chi connectivity index (χ3v) is 4.52. The number of carbonyl (C=O) groups excluding carboxylic acids is 2. The van der Waals surface area contributed by atoms with Crippen LogP contribution in [-0.4, -0.2) is 65.7 Å². The van der Waals surface area contributed by atoms with Crippen molar-refractivity contribution < 1.29 is 133 Å². The zero-order chi connectivity index (χ0) is 91.5. The Morgan fingerprint density at radius 3 is 1.37 bits per heavy atom. The van der Waals surface area contributed by atoms with Crippen molar-refractivity contribution >= 4 is 19.8 Å². The molecule has 2 unspecified atom stereocenters. The van der Waals surface area contributed by atoms with Crippen molar-refractivity contribution in [2.45, 2.75) is 204 Å². The van der Waals surface area contributed by atoms with Crippen LogP contribution in [0.15, 0.2) is 0 Å². The van der Waals surface area contributed by atoms with Crippen LogP contribution in [0, 0.1) is 0 Å². The summed E-state index contributed by atoms with van der Waals surface area (Å²) in [6, 6.07) is 0. The average molecular weight is 785 g/mol. The van der Waals surface area contributed by atoms with Crippen molar-refractivity contribution in [3.63, 3.8) is 0 Å². The first kappa shape index (κ1) is 8.91. The Morgan fingerprint density at radius 1 is 0.592 bits per heavy atom. The molecular formula is C38H75O10P. The van der Waals surface area contributed by atoms with Crippen LogP contribution in [0.3, 0.4) is 0 Å². The maximum atomic E-state index is 13.9. The van der Waals surface area contributed by atoms with E-state index in [4.69, 9.17) is 90.1 Å². The lowest BCUT2D eigenvalue weighted by molar-refractivity contribution is -0.161. The first-order chi connectivity index (χ1) is 47.1. The number of phosphoric acid groups is 1. The Morgan fingerprint density at radius 2 is 0.959 bits per heavy atom. The van der Waals surface area contributed by atoms with Gasteiger partial charge in [-0.25, -0.2) is 4.57 Å². The number of hydrogen-bond donors (Lipinski definition) is 3. The summed E-state index contributed by atoms with van der Waals surface area (Å²) in [5.41, 5.74) is 0. The lowest BCUT2D eigenvalue weighted by atomic mass is 10.0. The molecule has 11 heteroatoms. The number of phosphoric ester groups is 1. The van der Waals surface area contributed by atoms with Crippen LogP contribution in [0.4, 0.5) is 0 Å². The van der Waals surface area contributed by atoms with E-state index in [9.17, 15) is 24.2 Å². The van der Waals surface area contributed by atoms with Crippen molar-refractivity contribution in [3.8, 4) is 0 Å². The summed E-state index contributed by atoms with van der Waals surface area (Å²) < 4.78 is 539. The molecule has 0 aromatic heterocycles. The van der Waals surface area contributed by atoms with E-state index in [0.29, 0.717) is 0 Å². The van der Waals surface area contributed by atoms with Gasteiger partial charge in [-0.2, -0.15) is 0 Å². The van der Waals surface area contributed by atoms with E-state index in [-0.39, 0.29) is 0 Å². The normalized spacial score (nSPS) is 41.4. The van der Waals surface area contributed by atoms with Crippen LogP contribution in [0.2, 0.25) is 0 Å². The Bertz CT molecular complexity index is 3360. The van der Waals surface area contributed by atoms with E-state index in [1.54, 1.807) is 0 Å². The molecule has 3 atom stereocenters. The van der Waals surface area contributed by atoms with Gasteiger partial charge in [0, 0.05) is 97.7 Å². The van der Waals surface area contributed by atoms with E-state index < -0.39 is 251 Å². The minimum Gasteiger partial charge on any atom is -0.462 e. The molecule has 0 radical (unpaired) electrons. The summed E-state index contributed by atoms with van der Waals surface area (Å²) in [4.78, 5) is 37.8. The Hall–Kier alpha value is -1.03. The molecule has 292 valence electrons. The SMILES string of the molecule is [2H]C([2H])([2H])C([2H])([2H])C([2H])([2H])C([2H])([2H])C([2H])([2H])C([2H])([2H])C([2H])([2H])C([2H])([2H])C([2H])([2H])C([2H])([2H])C([2H])([2H])C([2H])([2H])C([2H])([2H])C([2H])([2H])C([2H])([2H])C(=O)OC[C@H](COP(=O)(O)OCC(O)CO)OC(=O)C([2H])([2H])C([2H])([2H])C([2H])([2H])C([2H])([2H])C([2H])([2H])C([2H])([2H])C([2H])([2H])C([2H])([2H])C([2H])([2H])C([2H])([2H])C([2H])([2H])C([2H])([2H])C([2H])([2H])C([2H])([2H])C([2H])([2H])[2H]. The number of carbonyl (C=O) groups is 2. The molecule has 0 aliphatic heterocycles. The van der Waals surface area contributed by atoms with Gasteiger partial charge in [0.05, 0.1) is 19.8 Å². The van der Waals surface area contributed by atoms with Crippen molar-refractivity contribution in [3.05, 3.63) is 0 Å². The van der Waals surface area contributed by atoms with E-state index in [1.165, 1.54) is 0 Å². The second-order valence-corrected chi connectivity index (χ2v) is 8.48. The number of esters is 2. The third-order valence-electron chi connectivity index (χ3n) is 3.57. The van der Waals surface area contributed by atoms with Gasteiger partial charge >= 0.3 is 19.8 Å². The molecule has 0 fully saturated rings. The van der Waals surface area contributed by atoms with E-state index >= 15 is 0 Å². The zero-order valence-corrected chi connectivity index (χ0v) is 25.5. The van der Waals surface area contributed by atoms with Crippen LogP contribution < -0.4 is 0 Å². The smallest absolute Gasteiger partial charge is 0.462 e. The molecular weight excluding hydrogens is 647 g/mol. The second-order valence-electron chi connectivity index (χ2n) is 7.02. The molecule has 0 aliphatic carbocycles. The summed E-state index contributed by atoms with van der Waals surface area (Å²) in [6.07, 6.45) is -154. The average Bonchev–Trinajstić information content (AvgIpc) is 0.681. The molecule has 0 aromatic carbocycles. The van der Waals surface area contributed by atoms with Gasteiger partial charge < -0.3 is 24.6 Å². The fourth-order valence-corrected chi connectivity index (χ4v) is 2.59. The topological polar surface area (TPSA) is 149 Å². The molecule has 0 amide bonds. The predicted molar refractivity (Wildman–Crippen MR) is 196 cm³/mol. The van der Waals surface area contributed by atoms with Gasteiger partial charge in [-0.3, -0.25) is 18.6 Å². The fourth-order valence-electron chi connectivity index (χ4n) is 1.80. The molecule has 0 spiro atoms. The van der Waals surface area contributed by atoms with Gasteiger partial charge in [0.1, 0.15) is 12.7 Å². The molecule has 49 heavy (non-hydrogen) atoms. The Labute approximate surface area is 386 Å². The van der Waals surface area contributed by atoms with Gasteiger partial charge in [0.15, 0.2) is 6.10 Å². The molecule has 3 N–H and O–H groups in total. The lowest BCUT2D eigenvalue weighted by Gasteiger charge is -2.20. The molecule has 10 nitrogen and oxygen atoms in total. The predicted octanol–water partition coefficient (Wildman–Crippen LogP) is 9.89. The highest BCUT2D eigenvalue weighted by atomic mass is 31.2. The van der Waals surface area contributed by atoms with Crippen molar-refractivity contribution in [1.82, 2.24) is 0 Å². The summed E-state index contributed by atoms with van der Waals surface area (Å²) in [5.74, 6) is -6.28. The van der Waals surface area contributed by atoms with E-state index in [0.717, 1.165) is 0 Å². The monoisotopic (exact) mass is 785 g/mol. The second kappa shape index (κ2) is 35.4. The van der Waals surface area contributed by atoms with E-state index in [1.807, 2.05) is 0 Å². The summed E-state index contributed by atoms with van der Waals surface area (Å²) >= 11 is 0. The molecule has 0 rings (SSSR count). The van der Waals surface area contributed by atoms with E-state index in [2.05, 4.69) is 18.5 Å². The van der Waals surface area contributed by atoms with Crippen molar-refractivity contribution in [2.75, 3.05) is 26.4 Å². The Balaban J connectivity index is 8.23. The highest BCUT2D eigenvalue weighted by molar-refractivity contribution is 7.47. The van der Waals surface area contributed by atoms with Gasteiger partial charge in [-0.05, 0) is 12.7 Å². The lowest BCUT2D eigenvalue weighted by Crippen LogP contribution is -2.29. The summed E-state index contributed by atoms with van der Waals surface area (Å²) in [5, 5.41) is 18.7. The minimum absolute atomic E-state index is 1.28. The quantitative estimate of drug-likeness (QED) is 0.0408. The molecule has 0 heterocycles. The molecule has 0 saturated carbocycles. The van der Waals surface area contributed by atoms with Crippen LogP contribution in [-0.2, 0) is 32.7 Å². The first-order valence-electron chi connectivity index (χ1n) is 43.4. The number of aliphatic hydroxyl groups is 2. The van der Waals surface area contributed by atoms with Gasteiger partial charge in [-0.1, -0.05) is 167 Å². The van der Waals surface area contributed by atoms with Crippen LogP contribution in [0.25, 0.3) is 0 Å². The number of hydrogen-bond acceptors (Lipinski definition) is 9. The highest BCUT2D eigenvalue weighted by Gasteiger charge is 2.27. The zero-order valence-electron chi connectivity index (χ0n) is 86.6. The van der Waals surface area contributed by atoms with Gasteiger partial charge in [0.2, 0.25) is 0 Å². The maximum Gasteiger partial charge on any atom is 0.472 e. The molecule has 0 saturated heterocycles. The van der Waals surface area contributed by atoms with Crippen molar-refractivity contribution in [1.29, 1.82) is 0 Å². The number of rotatable bonds is 38. The summed E-state index contributed by atoms with van der Waals surface area (Å²) in [6.45, 7) is -15.8. The third kappa shape index (κ3) is 35.2. The number of aliphatic hydroxyl groups excluding tert-OH is 2. The van der Waals surface area contributed by atoms with Crippen LogP contribution >= 0.6 is 7.82 Å². The van der Waals surface area contributed by atoms with Gasteiger partial charge in [-0.15, -0.1) is 0 Å². The Kier molecular flexibility index (Phi) is 6.43.